The number of benzene rings is 2. The van der Waals surface area contributed by atoms with Gasteiger partial charge in [-0.2, -0.15) is 0 Å². The van der Waals surface area contributed by atoms with Crippen molar-refractivity contribution in [3.63, 3.8) is 0 Å². The van der Waals surface area contributed by atoms with Gasteiger partial charge in [-0.25, -0.2) is 9.97 Å². The molecule has 0 atom stereocenters. The Labute approximate surface area is 153 Å². The Hall–Kier alpha value is -3.21. The second kappa shape index (κ2) is 7.78. The van der Waals surface area contributed by atoms with Gasteiger partial charge in [-0.05, 0) is 44.5 Å². The first kappa shape index (κ1) is 17.6. The van der Waals surface area contributed by atoms with Crippen LogP contribution in [-0.4, -0.2) is 22.4 Å². The second-order valence-electron chi connectivity index (χ2n) is 6.12. The number of aryl methyl sites for hydroxylation is 2. The molecule has 0 aliphatic rings. The molecule has 0 unspecified atom stereocenters. The van der Waals surface area contributed by atoms with Crippen LogP contribution in [0.5, 0.6) is 0 Å². The third kappa shape index (κ3) is 3.88. The maximum absolute atomic E-state index is 12.7. The number of anilines is 3. The Kier molecular flexibility index (Phi) is 5.27. The molecule has 1 heterocycles. The van der Waals surface area contributed by atoms with Crippen molar-refractivity contribution in [3.05, 3.63) is 77.7 Å². The number of carbonyl (C=O) groups is 1. The molecular formula is C21H22N4O. The Morgan fingerprint density at radius 2 is 1.81 bits per heavy atom. The molecule has 26 heavy (non-hydrogen) atoms. The first-order valence-corrected chi connectivity index (χ1v) is 8.61. The van der Waals surface area contributed by atoms with Gasteiger partial charge in [-0.3, -0.25) is 4.79 Å². The van der Waals surface area contributed by atoms with Crippen LogP contribution in [0.25, 0.3) is 0 Å². The van der Waals surface area contributed by atoms with Crippen LogP contribution in [-0.2, 0) is 0 Å². The normalized spacial score (nSPS) is 10.4. The van der Waals surface area contributed by atoms with E-state index in [0.29, 0.717) is 18.1 Å². The van der Waals surface area contributed by atoms with Gasteiger partial charge in [0.1, 0.15) is 11.5 Å². The Morgan fingerprint density at radius 3 is 2.42 bits per heavy atom. The predicted molar refractivity (Wildman–Crippen MR) is 105 cm³/mol. The van der Waals surface area contributed by atoms with Gasteiger partial charge in [0, 0.05) is 17.9 Å². The van der Waals surface area contributed by atoms with Crippen molar-refractivity contribution < 1.29 is 4.79 Å². The number of aromatic nitrogens is 2. The molecule has 5 heteroatoms. The summed E-state index contributed by atoms with van der Waals surface area (Å²) >= 11 is 0. The van der Waals surface area contributed by atoms with E-state index in [-0.39, 0.29) is 5.91 Å². The molecule has 1 aromatic heterocycles. The lowest BCUT2D eigenvalue weighted by molar-refractivity contribution is 0.0983. The monoisotopic (exact) mass is 346 g/mol. The van der Waals surface area contributed by atoms with Gasteiger partial charge in [0.2, 0.25) is 0 Å². The highest BCUT2D eigenvalue weighted by molar-refractivity contribution is 6.04. The minimum absolute atomic E-state index is 0.163. The fourth-order valence-electron chi connectivity index (χ4n) is 2.78. The maximum atomic E-state index is 12.7. The van der Waals surface area contributed by atoms with Crippen molar-refractivity contribution >= 4 is 23.1 Å². The van der Waals surface area contributed by atoms with Gasteiger partial charge >= 0.3 is 0 Å². The molecule has 0 aliphatic carbocycles. The lowest BCUT2D eigenvalue weighted by Gasteiger charge is -2.20. The molecule has 0 bridgehead atoms. The third-order valence-electron chi connectivity index (χ3n) is 4.14. The zero-order valence-corrected chi connectivity index (χ0v) is 15.2. The summed E-state index contributed by atoms with van der Waals surface area (Å²) in [7, 11) is 0. The average Bonchev–Trinajstić information content (AvgIpc) is 2.66. The molecule has 2 aromatic carbocycles. The fourth-order valence-corrected chi connectivity index (χ4v) is 2.78. The number of rotatable bonds is 5. The van der Waals surface area contributed by atoms with Crippen LogP contribution in [0.4, 0.5) is 17.2 Å². The molecule has 5 nitrogen and oxygen atoms in total. The van der Waals surface area contributed by atoms with Crippen molar-refractivity contribution in [1.82, 2.24) is 9.97 Å². The molecule has 0 saturated heterocycles. The van der Waals surface area contributed by atoms with E-state index in [1.807, 2.05) is 56.3 Å². The molecule has 0 radical (unpaired) electrons. The van der Waals surface area contributed by atoms with Crippen molar-refractivity contribution in [3.8, 4) is 0 Å². The molecule has 1 amide bonds. The van der Waals surface area contributed by atoms with E-state index in [0.717, 1.165) is 16.9 Å². The van der Waals surface area contributed by atoms with Crippen molar-refractivity contribution in [1.29, 1.82) is 0 Å². The van der Waals surface area contributed by atoms with Gasteiger partial charge < -0.3 is 10.2 Å². The molecule has 0 fully saturated rings. The minimum Gasteiger partial charge on any atom is -0.339 e. The highest BCUT2D eigenvalue weighted by atomic mass is 16.2. The van der Waals surface area contributed by atoms with Crippen LogP contribution in [0.1, 0.15) is 28.5 Å². The average molecular weight is 346 g/mol. The molecule has 0 aliphatic heterocycles. The smallest absolute Gasteiger partial charge is 0.278 e. The Balaban J connectivity index is 1.77. The fraction of sp³-hybridized carbons (Fsp3) is 0.190. The minimum atomic E-state index is -0.163. The number of hydrogen-bond donors (Lipinski definition) is 1. The van der Waals surface area contributed by atoms with Crippen molar-refractivity contribution in [2.45, 2.75) is 20.8 Å². The van der Waals surface area contributed by atoms with Crippen LogP contribution in [0.3, 0.4) is 0 Å². The van der Waals surface area contributed by atoms with Gasteiger partial charge in [0.25, 0.3) is 5.91 Å². The van der Waals surface area contributed by atoms with Crippen LogP contribution in [0.15, 0.2) is 60.9 Å². The number of carbonyl (C=O) groups excluding carboxylic acids is 1. The SMILES string of the molecule is CCN(C(=O)c1cnc(Nc2ccc(C)cc2C)cn1)c1ccccc1. The number of para-hydroxylation sites is 1. The Bertz CT molecular complexity index is 892. The molecule has 1 N–H and O–H groups in total. The molecule has 132 valence electrons. The van der Waals surface area contributed by atoms with Gasteiger partial charge in [-0.15, -0.1) is 0 Å². The maximum Gasteiger partial charge on any atom is 0.278 e. The highest BCUT2D eigenvalue weighted by Gasteiger charge is 2.17. The molecular weight excluding hydrogens is 324 g/mol. The summed E-state index contributed by atoms with van der Waals surface area (Å²) in [6.45, 7) is 6.60. The van der Waals surface area contributed by atoms with E-state index >= 15 is 0 Å². The van der Waals surface area contributed by atoms with Crippen molar-refractivity contribution in [2.75, 3.05) is 16.8 Å². The molecule has 0 saturated carbocycles. The quantitative estimate of drug-likeness (QED) is 0.739. The van der Waals surface area contributed by atoms with Crippen LogP contribution >= 0.6 is 0 Å². The zero-order valence-electron chi connectivity index (χ0n) is 15.2. The van der Waals surface area contributed by atoms with E-state index in [4.69, 9.17) is 0 Å². The van der Waals surface area contributed by atoms with Crippen LogP contribution in [0, 0.1) is 13.8 Å². The van der Waals surface area contributed by atoms with Crippen LogP contribution in [0.2, 0.25) is 0 Å². The second-order valence-corrected chi connectivity index (χ2v) is 6.12. The molecule has 3 aromatic rings. The highest BCUT2D eigenvalue weighted by Crippen LogP contribution is 2.20. The van der Waals surface area contributed by atoms with Crippen LogP contribution < -0.4 is 10.2 Å². The summed E-state index contributed by atoms with van der Waals surface area (Å²) in [4.78, 5) is 23.1. The topological polar surface area (TPSA) is 58.1 Å². The zero-order chi connectivity index (χ0) is 18.5. The van der Waals surface area contributed by atoms with Crippen molar-refractivity contribution in [2.24, 2.45) is 0 Å². The number of hydrogen-bond acceptors (Lipinski definition) is 4. The Morgan fingerprint density at radius 1 is 1.04 bits per heavy atom. The summed E-state index contributed by atoms with van der Waals surface area (Å²) in [6, 6.07) is 15.7. The number of nitrogens with zero attached hydrogens (tertiary/aromatic N) is 3. The first-order valence-electron chi connectivity index (χ1n) is 8.61. The summed E-state index contributed by atoms with van der Waals surface area (Å²) in [5.74, 6) is 0.445. The summed E-state index contributed by atoms with van der Waals surface area (Å²) in [5, 5.41) is 3.24. The molecule has 0 spiro atoms. The van der Waals surface area contributed by atoms with E-state index in [9.17, 15) is 4.79 Å². The standard InChI is InChI=1S/C21H22N4O/c1-4-25(17-8-6-5-7-9-17)21(26)19-13-23-20(14-22-19)24-18-11-10-15(2)12-16(18)3/h5-14H,4H2,1-3H3,(H,23,24). The molecule has 3 rings (SSSR count). The van der Waals surface area contributed by atoms with E-state index in [1.54, 1.807) is 11.1 Å². The van der Waals surface area contributed by atoms with E-state index in [2.05, 4.69) is 28.3 Å². The van der Waals surface area contributed by atoms with Gasteiger partial charge in [0.15, 0.2) is 0 Å². The lowest BCUT2D eigenvalue weighted by atomic mass is 10.1. The summed E-state index contributed by atoms with van der Waals surface area (Å²) < 4.78 is 0. The number of nitrogens with one attached hydrogen (secondary N) is 1. The summed E-state index contributed by atoms with van der Waals surface area (Å²) in [5.41, 5.74) is 4.48. The predicted octanol–water partition coefficient (Wildman–Crippen LogP) is 4.50. The largest absolute Gasteiger partial charge is 0.339 e. The van der Waals surface area contributed by atoms with E-state index < -0.39 is 0 Å². The van der Waals surface area contributed by atoms with E-state index in [1.165, 1.54) is 11.8 Å². The van der Waals surface area contributed by atoms with Gasteiger partial charge in [-0.1, -0.05) is 35.9 Å². The number of amides is 1. The third-order valence-corrected chi connectivity index (χ3v) is 4.14. The van der Waals surface area contributed by atoms with Gasteiger partial charge in [0.05, 0.1) is 12.4 Å². The summed E-state index contributed by atoms with van der Waals surface area (Å²) in [6.07, 6.45) is 3.10. The first-order chi connectivity index (χ1) is 12.6. The lowest BCUT2D eigenvalue weighted by Crippen LogP contribution is -2.31.